The number of imidazole rings is 1. The van der Waals surface area contributed by atoms with Gasteiger partial charge < -0.3 is 9.55 Å². The second-order valence-electron chi connectivity index (χ2n) is 4.25. The Morgan fingerprint density at radius 2 is 2.32 bits per heavy atom. The topological polar surface area (TPSA) is 33.6 Å². The molecule has 2 aromatic heterocycles. The van der Waals surface area contributed by atoms with Crippen LogP contribution in [0.2, 0.25) is 0 Å². The highest BCUT2D eigenvalue weighted by Crippen LogP contribution is 2.19. The quantitative estimate of drug-likeness (QED) is 0.743. The molecule has 98 valence electrons. The number of hydrogen-bond donors (Lipinski definition) is 1. The van der Waals surface area contributed by atoms with Gasteiger partial charge in [0.2, 0.25) is 0 Å². The van der Waals surface area contributed by atoms with Gasteiger partial charge in [0.05, 0.1) is 17.6 Å². The summed E-state index contributed by atoms with van der Waals surface area (Å²) in [5, 5.41) is 1.01. The van der Waals surface area contributed by atoms with E-state index in [4.69, 9.17) is 12.2 Å². The van der Waals surface area contributed by atoms with Crippen molar-refractivity contribution in [1.29, 1.82) is 0 Å². The van der Waals surface area contributed by atoms with Crippen LogP contribution >= 0.6 is 23.6 Å². The van der Waals surface area contributed by atoms with Crippen molar-refractivity contribution in [3.63, 3.8) is 0 Å². The summed E-state index contributed by atoms with van der Waals surface area (Å²) in [7, 11) is 0. The number of nitrogens with one attached hydrogen (secondary N) is 1. The number of halogens is 1. The van der Waals surface area contributed by atoms with E-state index >= 15 is 0 Å². The van der Waals surface area contributed by atoms with Crippen LogP contribution < -0.4 is 0 Å². The Hall–Kier alpha value is -1.53. The van der Waals surface area contributed by atoms with E-state index in [1.54, 1.807) is 17.4 Å². The Balaban J connectivity index is 2.05. The first-order valence-corrected chi connectivity index (χ1v) is 7.21. The maximum atomic E-state index is 13.2. The maximum absolute atomic E-state index is 13.2. The van der Waals surface area contributed by atoms with Crippen molar-refractivity contribution >= 4 is 34.6 Å². The molecule has 3 aromatic rings. The van der Waals surface area contributed by atoms with Gasteiger partial charge in [-0.1, -0.05) is 6.92 Å². The molecule has 19 heavy (non-hydrogen) atoms. The van der Waals surface area contributed by atoms with Gasteiger partial charge in [-0.2, -0.15) is 0 Å². The Morgan fingerprint density at radius 1 is 1.47 bits per heavy atom. The Bertz CT molecular complexity index is 785. The van der Waals surface area contributed by atoms with Gasteiger partial charge in [0.1, 0.15) is 10.8 Å². The number of aryl methyl sites for hydroxylation is 1. The summed E-state index contributed by atoms with van der Waals surface area (Å²) in [6.45, 7) is 2.73. The average Bonchev–Trinajstić information content (AvgIpc) is 2.95. The minimum atomic E-state index is -0.265. The minimum absolute atomic E-state index is 0.265. The molecule has 0 unspecified atom stereocenters. The van der Waals surface area contributed by atoms with Gasteiger partial charge >= 0.3 is 0 Å². The molecule has 3 rings (SSSR count). The van der Waals surface area contributed by atoms with Crippen molar-refractivity contribution in [3.8, 4) is 0 Å². The van der Waals surface area contributed by atoms with Crippen molar-refractivity contribution in [2.45, 2.75) is 19.9 Å². The summed E-state index contributed by atoms with van der Waals surface area (Å²) in [6.07, 6.45) is 2.89. The smallest absolute Gasteiger partial charge is 0.178 e. The van der Waals surface area contributed by atoms with Gasteiger partial charge in [-0.05, 0) is 36.8 Å². The summed E-state index contributed by atoms with van der Waals surface area (Å²) in [5.41, 5.74) is 1.62. The number of nitrogens with zero attached hydrogens (tertiary/aromatic N) is 2. The molecule has 1 N–H and O–H groups in total. The predicted octanol–water partition coefficient (Wildman–Crippen LogP) is 3.91. The van der Waals surface area contributed by atoms with Gasteiger partial charge in [0.15, 0.2) is 4.77 Å². The number of H-pyrrole nitrogens is 1. The van der Waals surface area contributed by atoms with Crippen LogP contribution in [0.15, 0.2) is 24.4 Å². The van der Waals surface area contributed by atoms with Gasteiger partial charge in [-0.15, -0.1) is 11.3 Å². The van der Waals surface area contributed by atoms with E-state index in [-0.39, 0.29) is 5.82 Å². The molecule has 0 fully saturated rings. The second kappa shape index (κ2) is 4.86. The summed E-state index contributed by atoms with van der Waals surface area (Å²) >= 11 is 6.98. The minimum Gasteiger partial charge on any atom is -0.330 e. The van der Waals surface area contributed by atoms with Crippen LogP contribution in [-0.2, 0) is 13.0 Å². The van der Waals surface area contributed by atoms with E-state index in [2.05, 4.69) is 16.9 Å². The number of rotatable bonds is 3. The standard InChI is InChI=1S/C13H12FN3S2/c1-2-9-6-15-12(19-9)7-17-11-4-3-8(14)5-10(11)16-13(17)18/h3-6H,2,7H2,1H3,(H,16,18). The fourth-order valence-corrected chi connectivity index (χ4v) is 3.14. The van der Waals surface area contributed by atoms with Crippen LogP contribution in [0.5, 0.6) is 0 Å². The van der Waals surface area contributed by atoms with Crippen LogP contribution in [0, 0.1) is 10.6 Å². The van der Waals surface area contributed by atoms with Crippen LogP contribution in [0.25, 0.3) is 11.0 Å². The zero-order chi connectivity index (χ0) is 13.4. The fourth-order valence-electron chi connectivity index (χ4n) is 2.01. The number of hydrogen-bond acceptors (Lipinski definition) is 3. The lowest BCUT2D eigenvalue weighted by Gasteiger charge is -2.01. The van der Waals surface area contributed by atoms with Crippen LogP contribution in [-0.4, -0.2) is 14.5 Å². The Kier molecular flexibility index (Phi) is 3.20. The Labute approximate surface area is 118 Å². The van der Waals surface area contributed by atoms with E-state index in [1.807, 2.05) is 10.8 Å². The van der Waals surface area contributed by atoms with E-state index in [0.717, 1.165) is 22.5 Å². The average molecular weight is 293 g/mol. The third-order valence-electron chi connectivity index (χ3n) is 2.98. The van der Waals surface area contributed by atoms with Crippen LogP contribution in [0.1, 0.15) is 16.8 Å². The first-order chi connectivity index (χ1) is 9.17. The van der Waals surface area contributed by atoms with Crippen LogP contribution in [0.3, 0.4) is 0 Å². The summed E-state index contributed by atoms with van der Waals surface area (Å²) in [5.74, 6) is -0.265. The molecule has 0 aliphatic heterocycles. The summed E-state index contributed by atoms with van der Waals surface area (Å²) < 4.78 is 15.7. The van der Waals surface area contributed by atoms with Crippen LogP contribution in [0.4, 0.5) is 4.39 Å². The highest BCUT2D eigenvalue weighted by Gasteiger charge is 2.08. The largest absolute Gasteiger partial charge is 0.330 e. The first-order valence-electron chi connectivity index (χ1n) is 5.99. The number of thiazole rings is 1. The normalized spacial score (nSPS) is 11.3. The highest BCUT2D eigenvalue weighted by atomic mass is 32.1. The molecule has 0 saturated heterocycles. The number of fused-ring (bicyclic) bond motifs is 1. The third kappa shape index (κ3) is 2.33. The van der Waals surface area contributed by atoms with Gasteiger partial charge in [-0.25, -0.2) is 9.37 Å². The molecule has 6 heteroatoms. The maximum Gasteiger partial charge on any atom is 0.178 e. The third-order valence-corrected chi connectivity index (χ3v) is 4.43. The molecular formula is C13H12FN3S2. The molecule has 1 aromatic carbocycles. The number of benzene rings is 1. The molecule has 0 saturated carbocycles. The second-order valence-corrected chi connectivity index (χ2v) is 5.84. The lowest BCUT2D eigenvalue weighted by molar-refractivity contribution is 0.629. The number of aromatic nitrogens is 3. The lowest BCUT2D eigenvalue weighted by Crippen LogP contribution is -1.98. The zero-order valence-corrected chi connectivity index (χ0v) is 11.9. The first kappa shape index (κ1) is 12.5. The monoisotopic (exact) mass is 293 g/mol. The zero-order valence-electron chi connectivity index (χ0n) is 10.3. The summed E-state index contributed by atoms with van der Waals surface area (Å²) in [4.78, 5) is 8.67. The molecule has 0 aliphatic rings. The van der Waals surface area contributed by atoms with Gasteiger partial charge in [-0.3, -0.25) is 0 Å². The summed E-state index contributed by atoms with van der Waals surface area (Å²) in [6, 6.07) is 4.65. The van der Waals surface area contributed by atoms with E-state index in [0.29, 0.717) is 11.3 Å². The highest BCUT2D eigenvalue weighted by molar-refractivity contribution is 7.71. The van der Waals surface area contributed by atoms with Crippen molar-refractivity contribution in [2.24, 2.45) is 0 Å². The SMILES string of the molecule is CCc1cnc(Cn2c(=S)[nH]c3cc(F)ccc32)s1. The lowest BCUT2D eigenvalue weighted by atomic mass is 10.3. The fraction of sp³-hybridized carbons (Fsp3) is 0.231. The van der Waals surface area contributed by atoms with E-state index in [9.17, 15) is 4.39 Å². The van der Waals surface area contributed by atoms with Crippen molar-refractivity contribution < 1.29 is 4.39 Å². The molecule has 0 radical (unpaired) electrons. The molecule has 0 spiro atoms. The molecule has 0 amide bonds. The molecule has 2 heterocycles. The Morgan fingerprint density at radius 3 is 3.05 bits per heavy atom. The molecule has 3 nitrogen and oxygen atoms in total. The van der Waals surface area contributed by atoms with Gasteiger partial charge in [0, 0.05) is 11.1 Å². The molecule has 0 bridgehead atoms. The van der Waals surface area contributed by atoms with Crippen molar-refractivity contribution in [1.82, 2.24) is 14.5 Å². The van der Waals surface area contributed by atoms with E-state index in [1.165, 1.54) is 17.0 Å². The van der Waals surface area contributed by atoms with Gasteiger partial charge in [0.25, 0.3) is 0 Å². The predicted molar refractivity (Wildman–Crippen MR) is 77.7 cm³/mol. The number of aromatic amines is 1. The molecular weight excluding hydrogens is 281 g/mol. The molecule has 0 atom stereocenters. The van der Waals surface area contributed by atoms with Crippen molar-refractivity contribution in [2.75, 3.05) is 0 Å². The van der Waals surface area contributed by atoms with E-state index < -0.39 is 0 Å². The van der Waals surface area contributed by atoms with Crippen molar-refractivity contribution in [3.05, 3.63) is 44.9 Å². The molecule has 0 aliphatic carbocycles.